The van der Waals surface area contributed by atoms with E-state index < -0.39 is 12.6 Å². The Hall–Kier alpha value is -0.290. The maximum Gasteiger partial charge on any atom is 0.391 e. The Morgan fingerprint density at radius 1 is 1.17 bits per heavy atom. The first kappa shape index (κ1) is 15.8. The first-order chi connectivity index (χ1) is 8.53. The molecule has 1 N–H and O–H groups in total. The molecule has 0 aromatic heterocycles. The van der Waals surface area contributed by atoms with Gasteiger partial charge in [-0.05, 0) is 25.8 Å². The summed E-state index contributed by atoms with van der Waals surface area (Å²) >= 11 is 0. The molecule has 0 heterocycles. The fourth-order valence-corrected chi connectivity index (χ4v) is 2.36. The van der Waals surface area contributed by atoms with Crippen LogP contribution in [0.15, 0.2) is 0 Å². The fourth-order valence-electron chi connectivity index (χ4n) is 2.36. The van der Waals surface area contributed by atoms with Crippen molar-refractivity contribution in [3.05, 3.63) is 0 Å². The average molecular weight is 267 g/mol. The number of nitrogens with one attached hydrogen (secondary N) is 1. The van der Waals surface area contributed by atoms with Gasteiger partial charge in [0.05, 0.1) is 19.1 Å². The van der Waals surface area contributed by atoms with Crippen molar-refractivity contribution in [2.24, 2.45) is 0 Å². The highest BCUT2D eigenvalue weighted by Crippen LogP contribution is 2.23. The fraction of sp³-hybridized carbons (Fsp3) is 1.00. The third-order valence-corrected chi connectivity index (χ3v) is 3.33. The molecular weight excluding hydrogens is 243 g/mol. The van der Waals surface area contributed by atoms with E-state index >= 15 is 0 Å². The van der Waals surface area contributed by atoms with Crippen LogP contribution in [0.2, 0.25) is 0 Å². The Kier molecular flexibility index (Phi) is 7.00. The minimum Gasteiger partial charge on any atom is -0.376 e. The van der Waals surface area contributed by atoms with Crippen molar-refractivity contribution in [3.8, 4) is 0 Å². The summed E-state index contributed by atoms with van der Waals surface area (Å²) in [6, 6.07) is 0.223. The van der Waals surface area contributed by atoms with Gasteiger partial charge in [0.1, 0.15) is 0 Å². The highest BCUT2D eigenvalue weighted by molar-refractivity contribution is 4.80. The molecule has 0 amide bonds. The van der Waals surface area contributed by atoms with Gasteiger partial charge in [-0.1, -0.05) is 26.2 Å². The van der Waals surface area contributed by atoms with Crippen molar-refractivity contribution in [2.75, 3.05) is 13.2 Å². The van der Waals surface area contributed by atoms with Gasteiger partial charge in [0, 0.05) is 6.04 Å². The number of alkyl halides is 3. The van der Waals surface area contributed by atoms with Crippen molar-refractivity contribution in [2.45, 2.75) is 70.2 Å². The van der Waals surface area contributed by atoms with Crippen LogP contribution in [0.5, 0.6) is 0 Å². The number of hydrogen-bond acceptors (Lipinski definition) is 2. The summed E-state index contributed by atoms with van der Waals surface area (Å²) in [4.78, 5) is 0. The van der Waals surface area contributed by atoms with E-state index in [1.165, 1.54) is 0 Å². The normalized spacial score (nSPS) is 26.0. The number of rotatable bonds is 6. The smallest absolute Gasteiger partial charge is 0.376 e. The van der Waals surface area contributed by atoms with Crippen molar-refractivity contribution in [1.82, 2.24) is 5.32 Å². The zero-order valence-corrected chi connectivity index (χ0v) is 11.1. The zero-order chi connectivity index (χ0) is 13.4. The van der Waals surface area contributed by atoms with E-state index in [9.17, 15) is 13.2 Å². The molecule has 0 aliphatic heterocycles. The molecule has 0 saturated heterocycles. The van der Waals surface area contributed by atoms with Crippen LogP contribution < -0.4 is 5.32 Å². The molecule has 0 bridgehead atoms. The van der Waals surface area contributed by atoms with Crippen molar-refractivity contribution < 1.29 is 17.9 Å². The van der Waals surface area contributed by atoms with Crippen LogP contribution in [0.25, 0.3) is 0 Å². The van der Waals surface area contributed by atoms with E-state index in [1.54, 1.807) is 0 Å². The number of hydrogen-bond donors (Lipinski definition) is 1. The average Bonchev–Trinajstić information content (AvgIpc) is 2.50. The first-order valence-corrected chi connectivity index (χ1v) is 6.94. The van der Waals surface area contributed by atoms with E-state index in [0.29, 0.717) is 0 Å². The van der Waals surface area contributed by atoms with Gasteiger partial charge in [-0.2, -0.15) is 13.2 Å². The van der Waals surface area contributed by atoms with E-state index in [-0.39, 0.29) is 18.8 Å². The minimum atomic E-state index is -4.11. The first-order valence-electron chi connectivity index (χ1n) is 6.94. The van der Waals surface area contributed by atoms with Crippen LogP contribution in [0.4, 0.5) is 13.2 Å². The molecule has 0 radical (unpaired) electrons. The number of halogens is 3. The number of ether oxygens (including phenoxy) is 1. The molecule has 18 heavy (non-hydrogen) atoms. The lowest BCUT2D eigenvalue weighted by Gasteiger charge is -2.26. The van der Waals surface area contributed by atoms with Gasteiger partial charge >= 0.3 is 6.18 Å². The van der Waals surface area contributed by atoms with Gasteiger partial charge in [-0.25, -0.2) is 0 Å². The summed E-state index contributed by atoms with van der Waals surface area (Å²) in [5, 5.41) is 3.40. The molecule has 0 aromatic carbocycles. The molecule has 1 rings (SSSR count). The van der Waals surface area contributed by atoms with Crippen molar-refractivity contribution in [1.29, 1.82) is 0 Å². The van der Waals surface area contributed by atoms with Crippen LogP contribution in [0.1, 0.15) is 51.9 Å². The second kappa shape index (κ2) is 8.00. The summed E-state index contributed by atoms with van der Waals surface area (Å²) in [6.45, 7) is 2.78. The second-order valence-electron chi connectivity index (χ2n) is 4.97. The predicted molar refractivity (Wildman–Crippen MR) is 65.6 cm³/mol. The summed E-state index contributed by atoms with van der Waals surface area (Å²) in [7, 11) is 0. The van der Waals surface area contributed by atoms with Gasteiger partial charge in [-0.3, -0.25) is 0 Å². The lowest BCUT2D eigenvalue weighted by Crippen LogP contribution is -2.41. The van der Waals surface area contributed by atoms with Crippen LogP contribution >= 0.6 is 0 Å². The van der Waals surface area contributed by atoms with Gasteiger partial charge in [-0.15, -0.1) is 0 Å². The van der Waals surface area contributed by atoms with Gasteiger partial charge in [0.2, 0.25) is 0 Å². The zero-order valence-electron chi connectivity index (χ0n) is 11.1. The maximum absolute atomic E-state index is 12.1. The molecule has 2 unspecified atom stereocenters. The molecule has 2 atom stereocenters. The van der Waals surface area contributed by atoms with E-state index in [4.69, 9.17) is 4.74 Å². The van der Waals surface area contributed by atoms with Crippen LogP contribution in [0, 0.1) is 0 Å². The lowest BCUT2D eigenvalue weighted by molar-refractivity contribution is -0.150. The van der Waals surface area contributed by atoms with E-state index in [0.717, 1.165) is 45.1 Å². The molecule has 0 spiro atoms. The second-order valence-corrected chi connectivity index (χ2v) is 4.97. The molecule has 1 aliphatic rings. The standard InChI is InChI=1S/C13H24F3NO/c1-2-9-17-11-6-4-3-5-7-12(11)18-10-8-13(14,15)16/h11-12,17H,2-10H2,1H3. The van der Waals surface area contributed by atoms with E-state index in [2.05, 4.69) is 12.2 Å². The van der Waals surface area contributed by atoms with Crippen LogP contribution in [-0.4, -0.2) is 31.5 Å². The molecule has 1 aliphatic carbocycles. The molecule has 0 aromatic rings. The van der Waals surface area contributed by atoms with Crippen LogP contribution in [0.3, 0.4) is 0 Å². The molecular formula is C13H24F3NO. The summed E-state index contributed by atoms with van der Waals surface area (Å²) in [5.74, 6) is 0. The van der Waals surface area contributed by atoms with Gasteiger partial charge in [0.25, 0.3) is 0 Å². The predicted octanol–water partition coefficient (Wildman–Crippen LogP) is 3.66. The molecule has 2 nitrogen and oxygen atoms in total. The van der Waals surface area contributed by atoms with Crippen molar-refractivity contribution >= 4 is 0 Å². The Bertz CT molecular complexity index is 221. The summed E-state index contributed by atoms with van der Waals surface area (Å²) in [6.07, 6.45) is 1.26. The third kappa shape index (κ3) is 6.59. The largest absolute Gasteiger partial charge is 0.391 e. The van der Waals surface area contributed by atoms with Gasteiger partial charge < -0.3 is 10.1 Å². The monoisotopic (exact) mass is 267 g/mol. The third-order valence-electron chi connectivity index (χ3n) is 3.33. The summed E-state index contributed by atoms with van der Waals surface area (Å²) in [5.41, 5.74) is 0. The van der Waals surface area contributed by atoms with Crippen molar-refractivity contribution in [3.63, 3.8) is 0 Å². The Labute approximate surface area is 107 Å². The quantitative estimate of drug-likeness (QED) is 0.742. The molecule has 1 saturated carbocycles. The lowest BCUT2D eigenvalue weighted by atomic mass is 10.1. The highest BCUT2D eigenvalue weighted by Gasteiger charge is 2.29. The topological polar surface area (TPSA) is 21.3 Å². The molecule has 1 fully saturated rings. The SMILES string of the molecule is CCCNC1CCCCCC1OCCC(F)(F)F. The Morgan fingerprint density at radius 3 is 2.56 bits per heavy atom. The maximum atomic E-state index is 12.1. The minimum absolute atomic E-state index is 0.0543. The molecule has 5 heteroatoms. The molecule has 108 valence electrons. The summed E-state index contributed by atoms with van der Waals surface area (Å²) < 4.78 is 41.7. The van der Waals surface area contributed by atoms with Crippen LogP contribution in [-0.2, 0) is 4.74 Å². The van der Waals surface area contributed by atoms with Gasteiger partial charge in [0.15, 0.2) is 0 Å². The Balaban J connectivity index is 2.36. The van der Waals surface area contributed by atoms with E-state index in [1.807, 2.05) is 0 Å². The highest BCUT2D eigenvalue weighted by atomic mass is 19.4. The Morgan fingerprint density at radius 2 is 1.89 bits per heavy atom.